The molecule has 22 heavy (non-hydrogen) atoms. The molecule has 0 fully saturated rings. The van der Waals surface area contributed by atoms with Gasteiger partial charge in [-0.2, -0.15) is 15.0 Å². The first-order chi connectivity index (χ1) is 10.6. The summed E-state index contributed by atoms with van der Waals surface area (Å²) < 4.78 is 1.38. The predicted octanol–water partition coefficient (Wildman–Crippen LogP) is 3.09. The van der Waals surface area contributed by atoms with Gasteiger partial charge in [0.15, 0.2) is 5.82 Å². The second-order valence-corrected chi connectivity index (χ2v) is 5.17. The molecule has 0 amide bonds. The lowest BCUT2D eigenvalue weighted by Gasteiger charge is -2.02. The molecule has 6 nitrogen and oxygen atoms in total. The molecule has 0 saturated heterocycles. The maximum atomic E-state index is 9.38. The number of benzene rings is 1. The van der Waals surface area contributed by atoms with E-state index >= 15 is 0 Å². The zero-order valence-corrected chi connectivity index (χ0v) is 12.5. The Kier molecular flexibility index (Phi) is 3.67. The minimum Gasteiger partial charge on any atom is -0.382 e. The van der Waals surface area contributed by atoms with Gasteiger partial charge >= 0.3 is 0 Å². The SMILES string of the molecule is N#Cc1c(-c2ccc(Cl)cc2Cl)nn(-c2ccncn2)c1N. The van der Waals surface area contributed by atoms with Crippen LogP contribution < -0.4 is 5.73 Å². The molecule has 0 bridgehead atoms. The van der Waals surface area contributed by atoms with E-state index in [1.54, 1.807) is 30.5 Å². The van der Waals surface area contributed by atoms with E-state index in [0.717, 1.165) is 0 Å². The highest BCUT2D eigenvalue weighted by Gasteiger charge is 2.20. The molecule has 0 aliphatic carbocycles. The molecular formula is C14H8Cl2N6. The van der Waals surface area contributed by atoms with Gasteiger partial charge in [-0.1, -0.05) is 23.2 Å². The number of hydrogen-bond acceptors (Lipinski definition) is 5. The van der Waals surface area contributed by atoms with Gasteiger partial charge in [0.1, 0.15) is 29.5 Å². The molecule has 3 rings (SSSR count). The number of rotatable bonds is 2. The number of hydrogen-bond donors (Lipinski definition) is 1. The Hall–Kier alpha value is -2.62. The smallest absolute Gasteiger partial charge is 0.159 e. The van der Waals surface area contributed by atoms with Crippen molar-refractivity contribution in [3.63, 3.8) is 0 Å². The van der Waals surface area contributed by atoms with Crippen molar-refractivity contribution in [1.82, 2.24) is 19.7 Å². The fraction of sp³-hybridized carbons (Fsp3) is 0. The first-order valence-corrected chi connectivity index (χ1v) is 6.88. The Morgan fingerprint density at radius 1 is 1.23 bits per heavy atom. The molecule has 108 valence electrons. The fourth-order valence-electron chi connectivity index (χ4n) is 1.99. The fourth-order valence-corrected chi connectivity index (χ4v) is 2.49. The molecule has 0 spiro atoms. The third-order valence-electron chi connectivity index (χ3n) is 3.00. The predicted molar refractivity (Wildman–Crippen MR) is 83.7 cm³/mol. The van der Waals surface area contributed by atoms with Crippen molar-refractivity contribution < 1.29 is 0 Å². The molecule has 0 atom stereocenters. The van der Waals surface area contributed by atoms with Gasteiger partial charge < -0.3 is 5.73 Å². The van der Waals surface area contributed by atoms with Gasteiger partial charge in [-0.3, -0.25) is 0 Å². The largest absolute Gasteiger partial charge is 0.382 e. The lowest BCUT2D eigenvalue weighted by molar-refractivity contribution is 0.852. The van der Waals surface area contributed by atoms with E-state index in [0.29, 0.717) is 27.1 Å². The third-order valence-corrected chi connectivity index (χ3v) is 3.55. The molecule has 0 unspecified atom stereocenters. The van der Waals surface area contributed by atoms with Crippen LogP contribution in [-0.2, 0) is 0 Å². The van der Waals surface area contributed by atoms with Crippen molar-refractivity contribution >= 4 is 29.0 Å². The zero-order chi connectivity index (χ0) is 15.7. The molecule has 8 heteroatoms. The maximum absolute atomic E-state index is 9.38. The standard InChI is InChI=1S/C14H8Cl2N6/c15-8-1-2-9(11(16)5-8)13-10(6-17)14(18)22(21-13)12-3-4-19-7-20-12/h1-5,7H,18H2. The summed E-state index contributed by atoms with van der Waals surface area (Å²) in [6.45, 7) is 0. The normalized spacial score (nSPS) is 10.4. The number of aromatic nitrogens is 4. The average molecular weight is 331 g/mol. The van der Waals surface area contributed by atoms with Gasteiger partial charge in [-0.25, -0.2) is 9.97 Å². The quantitative estimate of drug-likeness (QED) is 0.779. The number of nitrogens with two attached hydrogens (primary N) is 1. The number of halogens is 2. The molecule has 0 saturated carbocycles. The summed E-state index contributed by atoms with van der Waals surface area (Å²) >= 11 is 12.1. The van der Waals surface area contributed by atoms with Gasteiger partial charge in [0, 0.05) is 22.8 Å². The highest BCUT2D eigenvalue weighted by molar-refractivity contribution is 6.36. The van der Waals surface area contributed by atoms with Crippen LogP contribution in [0.1, 0.15) is 5.56 Å². The van der Waals surface area contributed by atoms with Gasteiger partial charge in [0.2, 0.25) is 0 Å². The second-order valence-electron chi connectivity index (χ2n) is 4.32. The van der Waals surface area contributed by atoms with Crippen molar-refractivity contribution in [3.8, 4) is 23.1 Å². The Morgan fingerprint density at radius 2 is 2.05 bits per heavy atom. The van der Waals surface area contributed by atoms with E-state index in [1.165, 1.54) is 11.0 Å². The van der Waals surface area contributed by atoms with Crippen LogP contribution >= 0.6 is 23.2 Å². The minimum atomic E-state index is 0.183. The third kappa shape index (κ3) is 2.37. The van der Waals surface area contributed by atoms with E-state index < -0.39 is 0 Å². The average Bonchev–Trinajstić information content (AvgIpc) is 2.84. The van der Waals surface area contributed by atoms with Crippen molar-refractivity contribution in [1.29, 1.82) is 5.26 Å². The highest BCUT2D eigenvalue weighted by Crippen LogP contribution is 2.34. The number of nitrogens with zero attached hydrogens (tertiary/aromatic N) is 5. The Bertz CT molecular complexity index is 882. The molecule has 2 heterocycles. The summed E-state index contributed by atoms with van der Waals surface area (Å²) in [5.41, 5.74) is 7.18. The Balaban J connectivity index is 2.24. The Labute approximate surface area is 135 Å². The maximum Gasteiger partial charge on any atom is 0.159 e. The first-order valence-electron chi connectivity index (χ1n) is 6.12. The van der Waals surface area contributed by atoms with Gasteiger partial charge in [0.05, 0.1) is 5.02 Å². The van der Waals surface area contributed by atoms with Crippen LogP contribution in [0.3, 0.4) is 0 Å². The second kappa shape index (κ2) is 5.64. The van der Waals surface area contributed by atoms with Crippen LogP contribution in [-0.4, -0.2) is 19.7 Å². The van der Waals surface area contributed by atoms with Crippen LogP contribution in [0.4, 0.5) is 5.82 Å². The summed E-state index contributed by atoms with van der Waals surface area (Å²) in [5.74, 6) is 0.641. The van der Waals surface area contributed by atoms with Crippen molar-refractivity contribution in [2.45, 2.75) is 0 Å². The summed E-state index contributed by atoms with van der Waals surface area (Å²) in [4.78, 5) is 7.91. The molecular weight excluding hydrogens is 323 g/mol. The number of nitriles is 1. The topological polar surface area (TPSA) is 93.4 Å². The molecule has 2 aromatic heterocycles. The van der Waals surface area contributed by atoms with Crippen LogP contribution in [0.15, 0.2) is 36.8 Å². The monoisotopic (exact) mass is 330 g/mol. The summed E-state index contributed by atoms with van der Waals surface area (Å²) in [5, 5.41) is 14.6. The lowest BCUT2D eigenvalue weighted by Crippen LogP contribution is -2.04. The van der Waals surface area contributed by atoms with Crippen LogP contribution in [0.5, 0.6) is 0 Å². The van der Waals surface area contributed by atoms with Crippen LogP contribution in [0, 0.1) is 11.3 Å². The van der Waals surface area contributed by atoms with E-state index in [-0.39, 0.29) is 11.4 Å². The molecule has 0 aliphatic rings. The van der Waals surface area contributed by atoms with Crippen LogP contribution in [0.2, 0.25) is 10.0 Å². The number of nitrogen functional groups attached to an aromatic ring is 1. The Morgan fingerprint density at radius 3 is 2.68 bits per heavy atom. The van der Waals surface area contributed by atoms with Crippen LogP contribution in [0.25, 0.3) is 17.1 Å². The molecule has 2 N–H and O–H groups in total. The molecule has 0 aliphatic heterocycles. The van der Waals surface area contributed by atoms with E-state index in [1.807, 2.05) is 0 Å². The van der Waals surface area contributed by atoms with Crippen molar-refractivity contribution in [2.75, 3.05) is 5.73 Å². The molecule has 3 aromatic rings. The van der Waals surface area contributed by atoms with Crippen molar-refractivity contribution in [3.05, 3.63) is 52.4 Å². The molecule has 1 aromatic carbocycles. The van der Waals surface area contributed by atoms with E-state index in [4.69, 9.17) is 28.9 Å². The van der Waals surface area contributed by atoms with Gasteiger partial charge in [-0.15, -0.1) is 0 Å². The van der Waals surface area contributed by atoms with Gasteiger partial charge in [0.25, 0.3) is 0 Å². The molecule has 0 radical (unpaired) electrons. The zero-order valence-electron chi connectivity index (χ0n) is 11.0. The number of anilines is 1. The summed E-state index contributed by atoms with van der Waals surface area (Å²) in [6.07, 6.45) is 2.93. The summed E-state index contributed by atoms with van der Waals surface area (Å²) in [7, 11) is 0. The lowest BCUT2D eigenvalue weighted by atomic mass is 10.1. The highest BCUT2D eigenvalue weighted by atomic mass is 35.5. The van der Waals surface area contributed by atoms with E-state index in [2.05, 4.69) is 21.1 Å². The van der Waals surface area contributed by atoms with Gasteiger partial charge in [-0.05, 0) is 18.2 Å². The summed E-state index contributed by atoms with van der Waals surface area (Å²) in [6, 6.07) is 8.63. The van der Waals surface area contributed by atoms with E-state index in [9.17, 15) is 5.26 Å². The van der Waals surface area contributed by atoms with Crippen molar-refractivity contribution in [2.24, 2.45) is 0 Å². The minimum absolute atomic E-state index is 0.183. The first kappa shape index (κ1) is 14.3.